The number of para-hydroxylation sites is 1. The number of pyridine rings is 1. The Hall–Kier alpha value is -3.67. The summed E-state index contributed by atoms with van der Waals surface area (Å²) in [5.41, 5.74) is 3.53. The third-order valence-electron chi connectivity index (χ3n) is 4.23. The van der Waals surface area contributed by atoms with Gasteiger partial charge in [-0.05, 0) is 55.5 Å². The highest BCUT2D eigenvalue weighted by atomic mass is 16.6. The fourth-order valence-corrected chi connectivity index (χ4v) is 2.97. The maximum Gasteiger partial charge on any atom is 0.344 e. The third-order valence-corrected chi connectivity index (χ3v) is 4.23. The molecule has 0 saturated carbocycles. The van der Waals surface area contributed by atoms with Crippen molar-refractivity contribution in [3.63, 3.8) is 0 Å². The summed E-state index contributed by atoms with van der Waals surface area (Å²) in [7, 11) is 0. The molecule has 4 rings (SSSR count). The Morgan fingerprint density at radius 1 is 1.00 bits per heavy atom. The lowest BCUT2D eigenvalue weighted by Gasteiger charge is -2.06. The van der Waals surface area contributed by atoms with Crippen LogP contribution >= 0.6 is 0 Å². The lowest BCUT2D eigenvalue weighted by atomic mass is 10.1. The highest BCUT2D eigenvalue weighted by molar-refractivity contribution is 5.92. The van der Waals surface area contributed by atoms with Gasteiger partial charge in [-0.2, -0.15) is 5.10 Å². The molecule has 0 amide bonds. The molecular weight excluding hydrogens is 354 g/mol. The van der Waals surface area contributed by atoms with E-state index in [1.165, 1.54) is 0 Å². The minimum Gasteiger partial charge on any atom is -0.482 e. The van der Waals surface area contributed by atoms with Crippen molar-refractivity contribution in [2.45, 2.75) is 6.92 Å². The zero-order valence-electron chi connectivity index (χ0n) is 15.4. The monoisotopic (exact) mass is 373 g/mol. The molecule has 0 radical (unpaired) electrons. The Morgan fingerprint density at radius 3 is 2.54 bits per heavy atom. The van der Waals surface area contributed by atoms with Crippen LogP contribution in [0.2, 0.25) is 0 Å². The molecule has 0 fully saturated rings. The van der Waals surface area contributed by atoms with Gasteiger partial charge in [-0.1, -0.05) is 18.2 Å². The Labute approximate surface area is 162 Å². The van der Waals surface area contributed by atoms with Gasteiger partial charge in [-0.25, -0.2) is 14.5 Å². The molecule has 2 heterocycles. The molecule has 2 aromatic heterocycles. The van der Waals surface area contributed by atoms with E-state index in [1.54, 1.807) is 13.1 Å². The van der Waals surface area contributed by atoms with Crippen LogP contribution in [-0.2, 0) is 9.53 Å². The number of aromatic nitrogens is 3. The molecule has 4 aromatic rings. The van der Waals surface area contributed by atoms with E-state index in [4.69, 9.17) is 14.6 Å². The molecule has 0 atom stereocenters. The van der Waals surface area contributed by atoms with Crippen molar-refractivity contribution in [2.75, 3.05) is 13.2 Å². The van der Waals surface area contributed by atoms with Crippen LogP contribution in [0.1, 0.15) is 6.92 Å². The normalized spacial score (nSPS) is 10.8. The Bertz CT molecular complexity index is 1090. The molecule has 0 unspecified atom stereocenters. The Kier molecular flexibility index (Phi) is 5.01. The molecule has 0 N–H and O–H groups in total. The zero-order valence-corrected chi connectivity index (χ0v) is 15.4. The summed E-state index contributed by atoms with van der Waals surface area (Å²) >= 11 is 0. The van der Waals surface area contributed by atoms with Crippen molar-refractivity contribution in [2.24, 2.45) is 0 Å². The maximum atomic E-state index is 11.4. The smallest absolute Gasteiger partial charge is 0.344 e. The molecule has 0 aliphatic rings. The second kappa shape index (κ2) is 7.92. The van der Waals surface area contributed by atoms with E-state index in [0.29, 0.717) is 12.4 Å². The summed E-state index contributed by atoms with van der Waals surface area (Å²) in [6.07, 6.45) is 1.76. The predicted octanol–water partition coefficient (Wildman–Crippen LogP) is 4.03. The number of ether oxygens (including phenoxy) is 2. The molecule has 140 valence electrons. The topological polar surface area (TPSA) is 66.2 Å². The van der Waals surface area contributed by atoms with Crippen molar-refractivity contribution in [1.29, 1.82) is 0 Å². The van der Waals surface area contributed by atoms with Crippen LogP contribution in [0.3, 0.4) is 0 Å². The summed E-state index contributed by atoms with van der Waals surface area (Å²) in [6.45, 7) is 2.00. The number of carbonyl (C=O) groups excluding carboxylic acids is 1. The van der Waals surface area contributed by atoms with Crippen LogP contribution in [0.15, 0.2) is 72.9 Å². The standard InChI is InChI=1S/C22H19N3O3/c1-2-27-20(26)15-28-18-12-10-16(11-13-18)21-19-9-6-14-23-22(19)25(24-21)17-7-4-3-5-8-17/h3-14H,2,15H2,1H3. The van der Waals surface area contributed by atoms with Gasteiger partial charge in [0.1, 0.15) is 11.4 Å². The van der Waals surface area contributed by atoms with Crippen LogP contribution in [0.25, 0.3) is 28.0 Å². The quantitative estimate of drug-likeness (QED) is 0.478. The van der Waals surface area contributed by atoms with Gasteiger partial charge in [0.25, 0.3) is 0 Å². The SMILES string of the molecule is CCOC(=O)COc1ccc(-c2nn(-c3ccccc3)c3ncccc23)cc1. The minimum absolute atomic E-state index is 0.108. The van der Waals surface area contributed by atoms with E-state index in [1.807, 2.05) is 71.4 Å². The summed E-state index contributed by atoms with van der Waals surface area (Å²) < 4.78 is 12.2. The van der Waals surface area contributed by atoms with Crippen molar-refractivity contribution < 1.29 is 14.3 Å². The first-order valence-corrected chi connectivity index (χ1v) is 9.04. The van der Waals surface area contributed by atoms with Crippen LogP contribution in [0.5, 0.6) is 5.75 Å². The molecule has 6 heteroatoms. The van der Waals surface area contributed by atoms with Crippen LogP contribution in [-0.4, -0.2) is 33.9 Å². The number of fused-ring (bicyclic) bond motifs is 1. The highest BCUT2D eigenvalue weighted by Crippen LogP contribution is 2.29. The molecular formula is C22H19N3O3. The third kappa shape index (κ3) is 3.57. The maximum absolute atomic E-state index is 11.4. The predicted molar refractivity (Wildman–Crippen MR) is 106 cm³/mol. The molecule has 0 bridgehead atoms. The van der Waals surface area contributed by atoms with Gasteiger partial charge < -0.3 is 9.47 Å². The summed E-state index contributed by atoms with van der Waals surface area (Å²) in [5, 5.41) is 5.76. The first-order valence-electron chi connectivity index (χ1n) is 9.04. The van der Waals surface area contributed by atoms with E-state index in [-0.39, 0.29) is 12.6 Å². The van der Waals surface area contributed by atoms with E-state index >= 15 is 0 Å². The van der Waals surface area contributed by atoms with E-state index in [0.717, 1.165) is 28.0 Å². The number of nitrogens with zero attached hydrogens (tertiary/aromatic N) is 3. The van der Waals surface area contributed by atoms with E-state index in [2.05, 4.69) is 4.98 Å². The fourth-order valence-electron chi connectivity index (χ4n) is 2.97. The van der Waals surface area contributed by atoms with Gasteiger partial charge >= 0.3 is 5.97 Å². The van der Waals surface area contributed by atoms with Crippen molar-refractivity contribution in [1.82, 2.24) is 14.8 Å². The first-order chi connectivity index (χ1) is 13.8. The van der Waals surface area contributed by atoms with Gasteiger partial charge in [0.2, 0.25) is 0 Å². The van der Waals surface area contributed by atoms with Gasteiger partial charge in [0.05, 0.1) is 12.3 Å². The number of esters is 1. The molecule has 0 saturated heterocycles. The van der Waals surface area contributed by atoms with Crippen molar-refractivity contribution >= 4 is 17.0 Å². The van der Waals surface area contributed by atoms with Crippen LogP contribution in [0, 0.1) is 0 Å². The second-order valence-corrected chi connectivity index (χ2v) is 6.09. The molecule has 0 aliphatic heterocycles. The van der Waals surface area contributed by atoms with Gasteiger partial charge in [0, 0.05) is 17.1 Å². The van der Waals surface area contributed by atoms with Crippen LogP contribution < -0.4 is 4.74 Å². The molecule has 2 aromatic carbocycles. The van der Waals surface area contributed by atoms with Crippen molar-refractivity contribution in [3.05, 3.63) is 72.9 Å². The highest BCUT2D eigenvalue weighted by Gasteiger charge is 2.14. The summed E-state index contributed by atoms with van der Waals surface area (Å²) in [4.78, 5) is 15.9. The molecule has 0 aliphatic carbocycles. The number of hydrogen-bond donors (Lipinski definition) is 0. The Morgan fingerprint density at radius 2 is 1.79 bits per heavy atom. The second-order valence-electron chi connectivity index (χ2n) is 6.09. The summed E-state index contributed by atoms with van der Waals surface area (Å²) in [5.74, 6) is 0.215. The average molecular weight is 373 g/mol. The summed E-state index contributed by atoms with van der Waals surface area (Å²) in [6, 6.07) is 21.3. The fraction of sp³-hybridized carbons (Fsp3) is 0.136. The van der Waals surface area contributed by atoms with Gasteiger partial charge in [-0.3, -0.25) is 0 Å². The number of hydrogen-bond acceptors (Lipinski definition) is 5. The zero-order chi connectivity index (χ0) is 19.3. The van der Waals surface area contributed by atoms with Crippen molar-refractivity contribution in [3.8, 4) is 22.7 Å². The lowest BCUT2D eigenvalue weighted by Crippen LogP contribution is -2.14. The first kappa shape index (κ1) is 17.7. The van der Waals surface area contributed by atoms with Gasteiger partial charge in [-0.15, -0.1) is 0 Å². The number of benzene rings is 2. The number of rotatable bonds is 6. The van der Waals surface area contributed by atoms with E-state index in [9.17, 15) is 4.79 Å². The number of carbonyl (C=O) groups is 1. The molecule has 6 nitrogen and oxygen atoms in total. The van der Waals surface area contributed by atoms with Crippen LogP contribution in [0.4, 0.5) is 0 Å². The lowest BCUT2D eigenvalue weighted by molar-refractivity contribution is -0.145. The molecule has 28 heavy (non-hydrogen) atoms. The minimum atomic E-state index is -0.384. The molecule has 0 spiro atoms. The Balaban J connectivity index is 1.65. The largest absolute Gasteiger partial charge is 0.482 e. The average Bonchev–Trinajstić information content (AvgIpc) is 3.13. The van der Waals surface area contributed by atoms with E-state index < -0.39 is 0 Å². The van der Waals surface area contributed by atoms with Gasteiger partial charge in [0.15, 0.2) is 12.3 Å².